The maximum Gasteiger partial charge on any atom is 0.326 e. The molecule has 33 heavy (non-hydrogen) atoms. The van der Waals surface area contributed by atoms with Crippen molar-refractivity contribution in [2.45, 2.75) is 45.1 Å². The molecule has 0 aliphatic carbocycles. The van der Waals surface area contributed by atoms with Gasteiger partial charge >= 0.3 is 6.03 Å². The van der Waals surface area contributed by atoms with Crippen molar-refractivity contribution in [3.63, 3.8) is 0 Å². The number of aryl methyl sites for hydroxylation is 2. The van der Waals surface area contributed by atoms with Crippen LogP contribution in [0.4, 0.5) is 16.2 Å². The van der Waals surface area contributed by atoms with E-state index < -0.39 is 0 Å². The summed E-state index contributed by atoms with van der Waals surface area (Å²) < 4.78 is 0. The molecule has 3 aromatic carbocycles. The first-order valence-electron chi connectivity index (χ1n) is 11.7. The van der Waals surface area contributed by atoms with Gasteiger partial charge in [0.2, 0.25) is 0 Å². The van der Waals surface area contributed by atoms with E-state index in [0.29, 0.717) is 17.8 Å². The molecule has 5 heteroatoms. The molecule has 5 nitrogen and oxygen atoms in total. The molecule has 0 radical (unpaired) electrons. The molecule has 1 aliphatic rings. The number of benzene rings is 3. The Bertz CT molecular complexity index is 1080. The molecule has 3 aromatic rings. The summed E-state index contributed by atoms with van der Waals surface area (Å²) in [5.41, 5.74) is 4.72. The Morgan fingerprint density at radius 2 is 1.64 bits per heavy atom. The SMILES string of the molecule is CC(CCc1ccccc1)NC(=O)c1ccc(NC(=O)N2CCCCc3ccccc32)cc1. The van der Waals surface area contributed by atoms with Crippen molar-refractivity contribution in [2.75, 3.05) is 16.8 Å². The third kappa shape index (κ3) is 6.01. The van der Waals surface area contributed by atoms with E-state index in [0.717, 1.165) is 37.8 Å². The van der Waals surface area contributed by atoms with Crippen LogP contribution in [0.1, 0.15) is 47.7 Å². The molecule has 0 aromatic heterocycles. The van der Waals surface area contributed by atoms with Gasteiger partial charge in [0.1, 0.15) is 0 Å². The van der Waals surface area contributed by atoms with Gasteiger partial charge < -0.3 is 10.6 Å². The van der Waals surface area contributed by atoms with E-state index >= 15 is 0 Å². The predicted molar refractivity (Wildman–Crippen MR) is 134 cm³/mol. The van der Waals surface area contributed by atoms with Crippen LogP contribution in [-0.2, 0) is 12.8 Å². The number of fused-ring (bicyclic) bond motifs is 1. The van der Waals surface area contributed by atoms with Crippen molar-refractivity contribution in [2.24, 2.45) is 0 Å². The van der Waals surface area contributed by atoms with Gasteiger partial charge in [0, 0.05) is 29.5 Å². The summed E-state index contributed by atoms with van der Waals surface area (Å²) in [6.07, 6.45) is 4.85. The number of nitrogens with one attached hydrogen (secondary N) is 2. The van der Waals surface area contributed by atoms with Crippen LogP contribution in [0.5, 0.6) is 0 Å². The van der Waals surface area contributed by atoms with E-state index in [1.165, 1.54) is 11.1 Å². The molecular weight excluding hydrogens is 410 g/mol. The molecule has 1 atom stereocenters. The molecule has 3 amide bonds. The molecule has 0 fully saturated rings. The van der Waals surface area contributed by atoms with Gasteiger partial charge in [0.25, 0.3) is 5.91 Å². The lowest BCUT2D eigenvalue weighted by molar-refractivity contribution is 0.0938. The van der Waals surface area contributed by atoms with Crippen molar-refractivity contribution in [3.8, 4) is 0 Å². The lowest BCUT2D eigenvalue weighted by Gasteiger charge is -2.23. The topological polar surface area (TPSA) is 61.4 Å². The lowest BCUT2D eigenvalue weighted by Crippen LogP contribution is -2.35. The fraction of sp³-hybridized carbons (Fsp3) is 0.286. The van der Waals surface area contributed by atoms with Crippen LogP contribution in [-0.4, -0.2) is 24.5 Å². The number of hydrogen-bond donors (Lipinski definition) is 2. The quantitative estimate of drug-likeness (QED) is 0.507. The van der Waals surface area contributed by atoms with Gasteiger partial charge in [-0.1, -0.05) is 48.5 Å². The molecule has 0 saturated carbocycles. The second kappa shape index (κ2) is 10.8. The number of rotatable bonds is 6. The minimum Gasteiger partial charge on any atom is -0.350 e. The number of anilines is 2. The number of amides is 3. The normalized spacial score (nSPS) is 14.0. The predicted octanol–water partition coefficient (Wildman–Crippen LogP) is 5.81. The first-order chi connectivity index (χ1) is 16.1. The Morgan fingerprint density at radius 1 is 0.909 bits per heavy atom. The fourth-order valence-corrected chi connectivity index (χ4v) is 4.21. The minimum atomic E-state index is -0.143. The van der Waals surface area contributed by atoms with Crippen molar-refractivity contribution in [1.82, 2.24) is 5.32 Å². The summed E-state index contributed by atoms with van der Waals surface area (Å²) in [5.74, 6) is -0.102. The van der Waals surface area contributed by atoms with Gasteiger partial charge in [0.15, 0.2) is 0 Å². The molecular formula is C28H31N3O2. The van der Waals surface area contributed by atoms with Crippen molar-refractivity contribution < 1.29 is 9.59 Å². The molecule has 0 saturated heterocycles. The van der Waals surface area contributed by atoms with E-state index in [1.807, 2.05) is 48.2 Å². The first-order valence-corrected chi connectivity index (χ1v) is 11.7. The smallest absolute Gasteiger partial charge is 0.326 e. The summed E-state index contributed by atoms with van der Waals surface area (Å²) in [6.45, 7) is 2.72. The van der Waals surface area contributed by atoms with Gasteiger partial charge in [-0.15, -0.1) is 0 Å². The summed E-state index contributed by atoms with van der Waals surface area (Å²) in [7, 11) is 0. The van der Waals surface area contributed by atoms with E-state index in [4.69, 9.17) is 0 Å². The van der Waals surface area contributed by atoms with Crippen LogP contribution in [0, 0.1) is 0 Å². The second-order valence-electron chi connectivity index (χ2n) is 8.64. The number of urea groups is 1. The average Bonchev–Trinajstić information content (AvgIpc) is 3.06. The van der Waals surface area contributed by atoms with E-state index in [2.05, 4.69) is 28.8 Å². The standard InChI is InChI=1S/C28H31N3O2/c1-21(14-15-22-9-3-2-4-10-22)29-27(32)24-16-18-25(19-17-24)30-28(33)31-20-8-7-12-23-11-5-6-13-26(23)31/h2-6,9-11,13,16-19,21H,7-8,12,14-15,20H2,1H3,(H,29,32)(H,30,33). The third-order valence-corrected chi connectivity index (χ3v) is 6.09. The minimum absolute atomic E-state index is 0.0696. The summed E-state index contributed by atoms with van der Waals surface area (Å²) in [5, 5.41) is 6.04. The first kappa shape index (κ1) is 22.6. The zero-order valence-corrected chi connectivity index (χ0v) is 19.1. The van der Waals surface area contributed by atoms with Gasteiger partial charge in [0.05, 0.1) is 0 Å². The maximum atomic E-state index is 13.0. The van der Waals surface area contributed by atoms with Crippen LogP contribution < -0.4 is 15.5 Å². The number of carbonyl (C=O) groups excluding carboxylic acids is 2. The Balaban J connectivity index is 1.32. The Morgan fingerprint density at radius 3 is 2.42 bits per heavy atom. The Labute approximate surface area is 195 Å². The number of carbonyl (C=O) groups is 2. The van der Waals surface area contributed by atoms with Crippen molar-refractivity contribution in [3.05, 3.63) is 95.6 Å². The molecule has 0 spiro atoms. The average molecular weight is 442 g/mol. The monoisotopic (exact) mass is 441 g/mol. The third-order valence-electron chi connectivity index (χ3n) is 6.09. The highest BCUT2D eigenvalue weighted by molar-refractivity contribution is 6.02. The molecule has 0 bridgehead atoms. The van der Waals surface area contributed by atoms with Crippen LogP contribution in [0.2, 0.25) is 0 Å². The zero-order chi connectivity index (χ0) is 23.0. The summed E-state index contributed by atoms with van der Waals surface area (Å²) >= 11 is 0. The zero-order valence-electron chi connectivity index (χ0n) is 19.1. The van der Waals surface area contributed by atoms with Gasteiger partial charge in [-0.2, -0.15) is 0 Å². The Hall–Kier alpha value is -3.60. The fourth-order valence-electron chi connectivity index (χ4n) is 4.21. The molecule has 1 unspecified atom stereocenters. The number of nitrogens with zero attached hydrogens (tertiary/aromatic N) is 1. The number of hydrogen-bond acceptors (Lipinski definition) is 2. The summed E-state index contributed by atoms with van der Waals surface area (Å²) in [4.78, 5) is 27.4. The second-order valence-corrected chi connectivity index (χ2v) is 8.64. The maximum absolute atomic E-state index is 13.0. The number of para-hydroxylation sites is 1. The van der Waals surface area contributed by atoms with Crippen LogP contribution in [0.15, 0.2) is 78.9 Å². The van der Waals surface area contributed by atoms with E-state index in [-0.39, 0.29) is 18.0 Å². The van der Waals surface area contributed by atoms with Crippen molar-refractivity contribution >= 4 is 23.3 Å². The molecule has 1 heterocycles. The van der Waals surface area contributed by atoms with E-state index in [1.54, 1.807) is 24.3 Å². The molecule has 2 N–H and O–H groups in total. The molecule has 4 rings (SSSR count). The summed E-state index contributed by atoms with van der Waals surface area (Å²) in [6, 6.07) is 25.4. The van der Waals surface area contributed by atoms with Crippen LogP contribution >= 0.6 is 0 Å². The van der Waals surface area contributed by atoms with Gasteiger partial charge in [-0.05, 0) is 80.5 Å². The van der Waals surface area contributed by atoms with Crippen molar-refractivity contribution in [1.29, 1.82) is 0 Å². The van der Waals surface area contributed by atoms with Gasteiger partial charge in [-0.3, -0.25) is 9.69 Å². The van der Waals surface area contributed by atoms with Gasteiger partial charge in [-0.25, -0.2) is 4.79 Å². The van der Waals surface area contributed by atoms with E-state index in [9.17, 15) is 9.59 Å². The largest absolute Gasteiger partial charge is 0.350 e. The van der Waals surface area contributed by atoms with Crippen LogP contribution in [0.25, 0.3) is 0 Å². The van der Waals surface area contributed by atoms with Crippen LogP contribution in [0.3, 0.4) is 0 Å². The molecule has 1 aliphatic heterocycles. The molecule has 170 valence electrons. The Kier molecular flexibility index (Phi) is 7.40. The highest BCUT2D eigenvalue weighted by atomic mass is 16.2. The highest BCUT2D eigenvalue weighted by Crippen LogP contribution is 2.26. The highest BCUT2D eigenvalue weighted by Gasteiger charge is 2.21. The lowest BCUT2D eigenvalue weighted by atomic mass is 10.1.